The summed E-state index contributed by atoms with van der Waals surface area (Å²) in [5.74, 6) is 0.590. The van der Waals surface area contributed by atoms with E-state index in [0.717, 1.165) is 12.8 Å². The molecule has 2 aromatic carbocycles. The third-order valence-corrected chi connectivity index (χ3v) is 5.94. The minimum Gasteiger partial charge on any atom is -0.493 e. The Morgan fingerprint density at radius 3 is 2.55 bits per heavy atom. The van der Waals surface area contributed by atoms with Crippen molar-refractivity contribution in [2.45, 2.75) is 18.6 Å². The van der Waals surface area contributed by atoms with Crippen LogP contribution in [-0.4, -0.2) is 25.8 Å². The summed E-state index contributed by atoms with van der Waals surface area (Å²) in [6.07, 6.45) is 5.16. The van der Waals surface area contributed by atoms with Crippen LogP contribution in [0.3, 0.4) is 0 Å². The molecule has 1 aliphatic carbocycles. The molecule has 1 heterocycles. The normalized spacial score (nSPS) is 14.3. The number of aromatic nitrogens is 1. The summed E-state index contributed by atoms with van der Waals surface area (Å²) in [4.78, 5) is 12.5. The van der Waals surface area contributed by atoms with Crippen molar-refractivity contribution in [2.75, 3.05) is 12.9 Å². The smallest absolute Gasteiger partial charge is 0.258 e. The standard InChI is InChI=1S/C22H22FNO4S/c1-24-11-20(17-7-6-16(23)10-19(17)22(24)25)18-9-15(13-29(2,26)27)5-8-21(18)28-12-14-3-4-14/h5-11,14H,3-4,12-13H2,1-2H3. The zero-order valence-corrected chi connectivity index (χ0v) is 17.1. The van der Waals surface area contributed by atoms with Gasteiger partial charge in [0, 0.05) is 30.6 Å². The zero-order chi connectivity index (χ0) is 20.8. The molecule has 4 rings (SSSR count). The molecule has 0 saturated heterocycles. The number of sulfone groups is 1. The third-order valence-electron chi connectivity index (χ3n) is 5.08. The van der Waals surface area contributed by atoms with Crippen LogP contribution in [0.15, 0.2) is 47.4 Å². The molecule has 29 heavy (non-hydrogen) atoms. The van der Waals surface area contributed by atoms with Crippen molar-refractivity contribution in [3.8, 4) is 16.9 Å². The SMILES string of the molecule is Cn1cc(-c2cc(CS(C)(=O)=O)ccc2OCC2CC2)c2ccc(F)cc2c1=O. The van der Waals surface area contributed by atoms with Crippen LogP contribution in [0.1, 0.15) is 18.4 Å². The number of rotatable bonds is 6. The van der Waals surface area contributed by atoms with Crippen molar-refractivity contribution in [2.24, 2.45) is 13.0 Å². The van der Waals surface area contributed by atoms with Gasteiger partial charge in [0.1, 0.15) is 11.6 Å². The van der Waals surface area contributed by atoms with Gasteiger partial charge in [0.2, 0.25) is 0 Å². The van der Waals surface area contributed by atoms with Crippen molar-refractivity contribution in [1.29, 1.82) is 0 Å². The number of benzene rings is 2. The predicted molar refractivity (Wildman–Crippen MR) is 111 cm³/mol. The number of hydrogen-bond donors (Lipinski definition) is 0. The van der Waals surface area contributed by atoms with E-state index in [1.165, 1.54) is 23.0 Å². The molecular weight excluding hydrogens is 393 g/mol. The van der Waals surface area contributed by atoms with E-state index >= 15 is 0 Å². The third kappa shape index (κ3) is 4.34. The van der Waals surface area contributed by atoms with Crippen LogP contribution < -0.4 is 10.3 Å². The molecule has 0 N–H and O–H groups in total. The van der Waals surface area contributed by atoms with Crippen molar-refractivity contribution in [1.82, 2.24) is 4.57 Å². The van der Waals surface area contributed by atoms with Crippen molar-refractivity contribution in [3.63, 3.8) is 0 Å². The molecule has 152 valence electrons. The Bertz CT molecular complexity index is 1260. The first kappa shape index (κ1) is 19.6. The van der Waals surface area contributed by atoms with Gasteiger partial charge in [-0.25, -0.2) is 12.8 Å². The molecule has 0 spiro atoms. The van der Waals surface area contributed by atoms with Crippen LogP contribution in [-0.2, 0) is 22.6 Å². The number of hydrogen-bond acceptors (Lipinski definition) is 4. The number of nitrogens with zero attached hydrogens (tertiary/aromatic N) is 1. The van der Waals surface area contributed by atoms with E-state index < -0.39 is 15.7 Å². The van der Waals surface area contributed by atoms with Gasteiger partial charge >= 0.3 is 0 Å². The second kappa shape index (κ2) is 7.30. The number of pyridine rings is 1. The van der Waals surface area contributed by atoms with Gasteiger partial charge in [-0.2, -0.15) is 0 Å². The van der Waals surface area contributed by atoms with Gasteiger partial charge in [-0.1, -0.05) is 12.1 Å². The Morgan fingerprint density at radius 1 is 1.10 bits per heavy atom. The highest BCUT2D eigenvalue weighted by atomic mass is 32.2. The molecule has 1 saturated carbocycles. The lowest BCUT2D eigenvalue weighted by Crippen LogP contribution is -2.17. The summed E-state index contributed by atoms with van der Waals surface area (Å²) in [7, 11) is -1.60. The highest BCUT2D eigenvalue weighted by Gasteiger charge is 2.23. The second-order valence-corrected chi connectivity index (χ2v) is 9.94. The lowest BCUT2D eigenvalue weighted by atomic mass is 9.98. The van der Waals surface area contributed by atoms with E-state index in [1.54, 1.807) is 37.5 Å². The Kier molecular flexibility index (Phi) is 4.94. The quantitative estimate of drug-likeness (QED) is 0.616. The Hall–Kier alpha value is -2.67. The summed E-state index contributed by atoms with van der Waals surface area (Å²) in [5, 5.41) is 0.869. The molecule has 1 fully saturated rings. The van der Waals surface area contributed by atoms with Gasteiger partial charge in [0.25, 0.3) is 5.56 Å². The van der Waals surface area contributed by atoms with E-state index in [4.69, 9.17) is 4.74 Å². The monoisotopic (exact) mass is 415 g/mol. The molecule has 0 bridgehead atoms. The van der Waals surface area contributed by atoms with Gasteiger partial charge in [-0.3, -0.25) is 4.79 Å². The maximum Gasteiger partial charge on any atom is 0.258 e. The van der Waals surface area contributed by atoms with E-state index in [2.05, 4.69) is 0 Å². The van der Waals surface area contributed by atoms with E-state index in [0.29, 0.717) is 40.4 Å². The van der Waals surface area contributed by atoms with E-state index in [-0.39, 0.29) is 16.7 Å². The number of ether oxygens (including phenoxy) is 1. The van der Waals surface area contributed by atoms with Gasteiger partial charge in [0.05, 0.1) is 17.7 Å². The van der Waals surface area contributed by atoms with Gasteiger partial charge in [0.15, 0.2) is 9.84 Å². The van der Waals surface area contributed by atoms with Gasteiger partial charge in [-0.05, 0) is 54.0 Å². The Labute approximate surface area is 168 Å². The second-order valence-electron chi connectivity index (χ2n) is 7.80. The minimum absolute atomic E-state index is 0.0960. The zero-order valence-electron chi connectivity index (χ0n) is 16.3. The Morgan fingerprint density at radius 2 is 1.86 bits per heavy atom. The van der Waals surface area contributed by atoms with Gasteiger partial charge < -0.3 is 9.30 Å². The van der Waals surface area contributed by atoms with Crippen LogP contribution >= 0.6 is 0 Å². The van der Waals surface area contributed by atoms with Crippen molar-refractivity contribution < 1.29 is 17.5 Å². The largest absolute Gasteiger partial charge is 0.493 e. The lowest BCUT2D eigenvalue weighted by molar-refractivity contribution is 0.301. The molecule has 0 aliphatic heterocycles. The maximum atomic E-state index is 13.8. The average molecular weight is 415 g/mol. The summed E-state index contributed by atoms with van der Waals surface area (Å²) in [6, 6.07) is 9.43. The van der Waals surface area contributed by atoms with E-state index in [9.17, 15) is 17.6 Å². The predicted octanol–water partition coefficient (Wildman–Crippen LogP) is 3.68. The van der Waals surface area contributed by atoms with Crippen LogP contribution in [0.2, 0.25) is 0 Å². The summed E-state index contributed by atoms with van der Waals surface area (Å²) in [5.41, 5.74) is 1.73. The average Bonchev–Trinajstić information content (AvgIpc) is 3.47. The fourth-order valence-electron chi connectivity index (χ4n) is 3.45. The van der Waals surface area contributed by atoms with Crippen LogP contribution in [0.5, 0.6) is 5.75 Å². The molecule has 0 amide bonds. The van der Waals surface area contributed by atoms with Crippen LogP contribution in [0.4, 0.5) is 4.39 Å². The first-order valence-corrected chi connectivity index (χ1v) is 11.5. The topological polar surface area (TPSA) is 65.4 Å². The first-order chi connectivity index (χ1) is 13.7. The molecule has 0 atom stereocenters. The maximum absolute atomic E-state index is 13.8. The number of aryl methyl sites for hydroxylation is 1. The molecule has 0 radical (unpaired) electrons. The van der Waals surface area contributed by atoms with Crippen LogP contribution in [0, 0.1) is 11.7 Å². The highest BCUT2D eigenvalue weighted by molar-refractivity contribution is 7.89. The summed E-state index contributed by atoms with van der Waals surface area (Å²) >= 11 is 0. The minimum atomic E-state index is -3.21. The highest BCUT2D eigenvalue weighted by Crippen LogP contribution is 2.37. The Balaban J connectivity index is 1.92. The molecular formula is C22H22FNO4S. The molecule has 5 nitrogen and oxygen atoms in total. The summed E-state index contributed by atoms with van der Waals surface area (Å²) < 4.78 is 44.8. The lowest BCUT2D eigenvalue weighted by Gasteiger charge is -2.16. The fraction of sp³-hybridized carbons (Fsp3) is 0.318. The van der Waals surface area contributed by atoms with Crippen molar-refractivity contribution >= 4 is 20.6 Å². The first-order valence-electron chi connectivity index (χ1n) is 9.44. The fourth-order valence-corrected chi connectivity index (χ4v) is 4.24. The molecule has 7 heteroatoms. The summed E-state index contributed by atoms with van der Waals surface area (Å²) in [6.45, 7) is 0.594. The number of halogens is 1. The number of fused-ring (bicyclic) bond motifs is 1. The van der Waals surface area contributed by atoms with Gasteiger partial charge in [-0.15, -0.1) is 0 Å². The molecule has 0 unspecified atom stereocenters. The molecule has 1 aliphatic rings. The van der Waals surface area contributed by atoms with Crippen LogP contribution in [0.25, 0.3) is 21.9 Å². The van der Waals surface area contributed by atoms with Crippen molar-refractivity contribution in [3.05, 3.63) is 64.3 Å². The van der Waals surface area contributed by atoms with E-state index in [1.807, 2.05) is 0 Å². The molecule has 3 aromatic rings. The molecule has 1 aromatic heterocycles.